The first kappa shape index (κ1) is 13.0. The third-order valence-corrected chi connectivity index (χ3v) is 3.89. The highest BCUT2D eigenvalue weighted by Gasteiger charge is 2.15. The van der Waals surface area contributed by atoms with Gasteiger partial charge in [0.2, 0.25) is 0 Å². The number of carbonyl (C=O) groups is 1. The Morgan fingerprint density at radius 3 is 3.00 bits per heavy atom. The first-order valence-electron chi connectivity index (χ1n) is 5.07. The molecular weight excluding hydrogens is 318 g/mol. The maximum absolute atomic E-state index is 11.1. The Kier molecular flexibility index (Phi) is 3.93. The second-order valence-electron chi connectivity index (χ2n) is 3.69. The van der Waals surface area contributed by atoms with Crippen LogP contribution in [0.4, 0.5) is 5.82 Å². The van der Waals surface area contributed by atoms with Crippen LogP contribution in [0.25, 0.3) is 0 Å². The van der Waals surface area contributed by atoms with Gasteiger partial charge in [-0.15, -0.1) is 16.4 Å². The van der Waals surface area contributed by atoms with Gasteiger partial charge in [-0.25, -0.2) is 4.79 Å². The summed E-state index contributed by atoms with van der Waals surface area (Å²) in [6.45, 7) is 0.584. The van der Waals surface area contributed by atoms with Crippen molar-refractivity contribution in [2.45, 2.75) is 6.54 Å². The lowest BCUT2D eigenvalue weighted by atomic mass is 10.2. The summed E-state index contributed by atoms with van der Waals surface area (Å²) in [5.41, 5.74) is 1.25. The molecule has 0 fully saturated rings. The van der Waals surface area contributed by atoms with Gasteiger partial charge in [0.1, 0.15) is 5.56 Å². The minimum absolute atomic E-state index is 0.154. The standard InChI is InChI=1S/C11H10BrN3O2S/c1-15(5-7-4-9(12)18-6-7)10-8(11(16)17)2-3-13-14-10/h2-4,6H,5H2,1H3,(H,16,17). The number of rotatable bonds is 4. The maximum Gasteiger partial charge on any atom is 0.339 e. The molecular formula is C11H10BrN3O2S. The summed E-state index contributed by atoms with van der Waals surface area (Å²) in [6, 6.07) is 3.45. The molecule has 0 aromatic carbocycles. The van der Waals surface area contributed by atoms with Crippen molar-refractivity contribution in [3.8, 4) is 0 Å². The molecule has 0 saturated carbocycles. The lowest BCUT2D eigenvalue weighted by Gasteiger charge is -2.18. The van der Waals surface area contributed by atoms with Crippen molar-refractivity contribution in [2.75, 3.05) is 11.9 Å². The van der Waals surface area contributed by atoms with Crippen molar-refractivity contribution in [1.29, 1.82) is 0 Å². The van der Waals surface area contributed by atoms with E-state index in [0.29, 0.717) is 12.4 Å². The average molecular weight is 328 g/mol. The third kappa shape index (κ3) is 2.85. The first-order valence-corrected chi connectivity index (χ1v) is 6.74. The predicted octanol–water partition coefficient (Wildman–Crippen LogP) is 2.64. The molecule has 0 aliphatic rings. The molecule has 2 aromatic rings. The molecule has 94 valence electrons. The Hall–Kier alpha value is -1.47. The molecule has 1 N–H and O–H groups in total. The molecule has 2 heterocycles. The summed E-state index contributed by atoms with van der Waals surface area (Å²) in [6.07, 6.45) is 1.38. The molecule has 7 heteroatoms. The molecule has 5 nitrogen and oxygen atoms in total. The highest BCUT2D eigenvalue weighted by atomic mass is 79.9. The molecule has 2 aromatic heterocycles. The fourth-order valence-corrected chi connectivity index (χ4v) is 2.75. The molecule has 0 bridgehead atoms. The van der Waals surface area contributed by atoms with Crippen LogP contribution in [0.3, 0.4) is 0 Å². The second-order valence-corrected chi connectivity index (χ2v) is 5.98. The summed E-state index contributed by atoms with van der Waals surface area (Å²) in [5.74, 6) is -0.634. The Morgan fingerprint density at radius 2 is 2.39 bits per heavy atom. The van der Waals surface area contributed by atoms with E-state index in [1.54, 1.807) is 23.3 Å². The van der Waals surface area contributed by atoms with Gasteiger partial charge in [0.25, 0.3) is 0 Å². The molecule has 0 unspecified atom stereocenters. The van der Waals surface area contributed by atoms with Crippen molar-refractivity contribution in [3.63, 3.8) is 0 Å². The van der Waals surface area contributed by atoms with E-state index in [1.165, 1.54) is 12.3 Å². The summed E-state index contributed by atoms with van der Waals surface area (Å²) >= 11 is 4.98. The second kappa shape index (κ2) is 5.45. The van der Waals surface area contributed by atoms with Gasteiger partial charge < -0.3 is 10.0 Å². The zero-order valence-corrected chi connectivity index (χ0v) is 11.9. The summed E-state index contributed by atoms with van der Waals surface area (Å²) in [4.78, 5) is 12.9. The monoisotopic (exact) mass is 327 g/mol. The number of hydrogen-bond donors (Lipinski definition) is 1. The minimum Gasteiger partial charge on any atom is -0.478 e. The van der Waals surface area contributed by atoms with E-state index in [-0.39, 0.29) is 5.56 Å². The smallest absolute Gasteiger partial charge is 0.339 e. The van der Waals surface area contributed by atoms with Crippen LogP contribution in [0.2, 0.25) is 0 Å². The normalized spacial score (nSPS) is 10.3. The van der Waals surface area contributed by atoms with Crippen molar-refractivity contribution in [1.82, 2.24) is 10.2 Å². The molecule has 0 spiro atoms. The summed E-state index contributed by atoms with van der Waals surface area (Å²) < 4.78 is 1.04. The number of thiophene rings is 1. The number of aromatic nitrogens is 2. The fourth-order valence-electron chi connectivity index (χ4n) is 1.55. The molecule has 2 rings (SSSR count). The van der Waals surface area contributed by atoms with Gasteiger partial charge in [0.15, 0.2) is 5.82 Å². The van der Waals surface area contributed by atoms with E-state index < -0.39 is 5.97 Å². The predicted molar refractivity (Wildman–Crippen MR) is 73.1 cm³/mol. The van der Waals surface area contributed by atoms with Crippen LogP contribution in [0.5, 0.6) is 0 Å². The Morgan fingerprint density at radius 1 is 1.61 bits per heavy atom. The number of carboxylic acids is 1. The zero-order valence-electron chi connectivity index (χ0n) is 9.50. The highest BCUT2D eigenvalue weighted by Crippen LogP contribution is 2.23. The van der Waals surface area contributed by atoms with Crippen molar-refractivity contribution in [2.24, 2.45) is 0 Å². The fraction of sp³-hybridized carbons (Fsp3) is 0.182. The van der Waals surface area contributed by atoms with Crippen molar-refractivity contribution >= 4 is 39.1 Å². The van der Waals surface area contributed by atoms with Gasteiger partial charge in [0, 0.05) is 13.6 Å². The number of carboxylic acid groups (broad SMARTS) is 1. The van der Waals surface area contributed by atoms with Crippen LogP contribution in [-0.2, 0) is 6.54 Å². The maximum atomic E-state index is 11.1. The minimum atomic E-state index is -1.00. The zero-order chi connectivity index (χ0) is 13.1. The summed E-state index contributed by atoms with van der Waals surface area (Å²) in [7, 11) is 1.79. The molecule has 18 heavy (non-hydrogen) atoms. The first-order chi connectivity index (χ1) is 8.58. The highest BCUT2D eigenvalue weighted by molar-refractivity contribution is 9.11. The molecule has 0 saturated heterocycles. The van der Waals surface area contributed by atoms with Gasteiger partial charge in [0.05, 0.1) is 9.98 Å². The van der Waals surface area contributed by atoms with E-state index in [9.17, 15) is 4.79 Å². The SMILES string of the molecule is CN(Cc1csc(Br)c1)c1nnccc1C(=O)O. The van der Waals surface area contributed by atoms with E-state index >= 15 is 0 Å². The lowest BCUT2D eigenvalue weighted by Crippen LogP contribution is -2.21. The van der Waals surface area contributed by atoms with E-state index in [4.69, 9.17) is 5.11 Å². The topological polar surface area (TPSA) is 66.3 Å². The van der Waals surface area contributed by atoms with Crippen LogP contribution in [0, 0.1) is 0 Å². The molecule has 0 aliphatic heterocycles. The Balaban J connectivity index is 2.23. The van der Waals surface area contributed by atoms with Gasteiger partial charge >= 0.3 is 5.97 Å². The number of nitrogens with zero attached hydrogens (tertiary/aromatic N) is 3. The van der Waals surface area contributed by atoms with Crippen LogP contribution in [0.1, 0.15) is 15.9 Å². The Labute approximate surface area is 116 Å². The van der Waals surface area contributed by atoms with Crippen LogP contribution in [-0.4, -0.2) is 28.3 Å². The van der Waals surface area contributed by atoms with Gasteiger partial charge in [-0.2, -0.15) is 5.10 Å². The van der Waals surface area contributed by atoms with Gasteiger partial charge in [-0.05, 0) is 39.0 Å². The lowest BCUT2D eigenvalue weighted by molar-refractivity contribution is 0.0697. The molecule has 0 amide bonds. The third-order valence-electron chi connectivity index (χ3n) is 2.33. The number of halogens is 1. The molecule has 0 atom stereocenters. The summed E-state index contributed by atoms with van der Waals surface area (Å²) in [5, 5.41) is 18.7. The average Bonchev–Trinajstić information content (AvgIpc) is 2.74. The quantitative estimate of drug-likeness (QED) is 0.935. The largest absolute Gasteiger partial charge is 0.478 e. The van der Waals surface area contributed by atoms with Gasteiger partial charge in [-0.3, -0.25) is 0 Å². The van der Waals surface area contributed by atoms with Crippen molar-refractivity contribution in [3.05, 3.63) is 38.6 Å². The van der Waals surface area contributed by atoms with E-state index in [2.05, 4.69) is 26.1 Å². The number of hydrogen-bond acceptors (Lipinski definition) is 5. The number of aromatic carboxylic acids is 1. The van der Waals surface area contributed by atoms with E-state index in [1.807, 2.05) is 11.4 Å². The van der Waals surface area contributed by atoms with Crippen LogP contribution < -0.4 is 4.90 Å². The van der Waals surface area contributed by atoms with Crippen LogP contribution in [0.15, 0.2) is 27.5 Å². The van der Waals surface area contributed by atoms with E-state index in [0.717, 1.165) is 9.35 Å². The molecule has 0 radical (unpaired) electrons. The Bertz CT molecular complexity index is 573. The molecule has 0 aliphatic carbocycles. The van der Waals surface area contributed by atoms with Gasteiger partial charge in [-0.1, -0.05) is 0 Å². The van der Waals surface area contributed by atoms with Crippen molar-refractivity contribution < 1.29 is 9.90 Å². The number of anilines is 1. The van der Waals surface area contributed by atoms with Crippen LogP contribution >= 0.6 is 27.3 Å².